The number of benzene rings is 1. The van der Waals surface area contributed by atoms with Gasteiger partial charge in [-0.05, 0) is 18.6 Å². The normalized spacial score (nSPS) is 11.4. The maximum absolute atomic E-state index is 12.2. The smallest absolute Gasteiger partial charge is 0.279 e. The van der Waals surface area contributed by atoms with Crippen molar-refractivity contribution in [2.75, 3.05) is 45.6 Å². The maximum atomic E-state index is 12.2. The van der Waals surface area contributed by atoms with E-state index in [2.05, 4.69) is 17.6 Å². The average molecular weight is 419 g/mol. The Morgan fingerprint density at radius 3 is 2.10 bits per heavy atom. The molecule has 0 radical (unpaired) electrons. The number of rotatable bonds is 18. The van der Waals surface area contributed by atoms with Gasteiger partial charge in [0.25, 0.3) is 5.91 Å². The molecule has 1 amide bonds. The van der Waals surface area contributed by atoms with E-state index < -0.39 is 0 Å². The van der Waals surface area contributed by atoms with E-state index >= 15 is 0 Å². The Morgan fingerprint density at radius 2 is 1.47 bits per heavy atom. The lowest BCUT2D eigenvalue weighted by Crippen LogP contribution is -2.49. The van der Waals surface area contributed by atoms with Crippen molar-refractivity contribution in [1.29, 1.82) is 0 Å². The van der Waals surface area contributed by atoms with Crippen LogP contribution in [0, 0.1) is 0 Å². The number of ketones is 1. The summed E-state index contributed by atoms with van der Waals surface area (Å²) in [5, 5.41) is 6.18. The van der Waals surface area contributed by atoms with E-state index in [1.807, 2.05) is 44.4 Å². The molecule has 0 bridgehead atoms. The molecule has 5 heteroatoms. The highest BCUT2D eigenvalue weighted by Crippen LogP contribution is 2.10. The van der Waals surface area contributed by atoms with Crippen LogP contribution in [0.5, 0.6) is 0 Å². The number of Topliss-reactive ketones (excluding diaryl/α,β-unsaturated/α-hetero) is 1. The van der Waals surface area contributed by atoms with Crippen LogP contribution < -0.4 is 10.6 Å². The quantitative estimate of drug-likeness (QED) is 0.266. The van der Waals surface area contributed by atoms with Crippen LogP contribution in [-0.2, 0) is 9.59 Å². The molecule has 30 heavy (non-hydrogen) atoms. The SMILES string of the molecule is CCCCCCCCCCCC(=O)CNCC[N+](C)(C)CC(=O)Nc1ccccc1. The fourth-order valence-corrected chi connectivity index (χ4v) is 3.52. The minimum absolute atomic E-state index is 0.00707. The van der Waals surface area contributed by atoms with Crippen molar-refractivity contribution in [3.05, 3.63) is 30.3 Å². The Hall–Kier alpha value is -1.72. The summed E-state index contributed by atoms with van der Waals surface area (Å²) in [7, 11) is 4.08. The number of nitrogens with zero attached hydrogens (tertiary/aromatic N) is 1. The zero-order chi connectivity index (χ0) is 22.1. The third-order valence-corrected chi connectivity index (χ3v) is 5.40. The number of carbonyl (C=O) groups is 2. The summed E-state index contributed by atoms with van der Waals surface area (Å²) in [5.41, 5.74) is 0.822. The van der Waals surface area contributed by atoms with Crippen LogP contribution in [0.15, 0.2) is 30.3 Å². The molecule has 0 saturated heterocycles. The monoisotopic (exact) mass is 418 g/mol. The summed E-state index contributed by atoms with van der Waals surface area (Å²) in [5.74, 6) is 0.303. The first-order chi connectivity index (χ1) is 14.4. The van der Waals surface area contributed by atoms with Crippen LogP contribution in [0.2, 0.25) is 0 Å². The molecule has 0 saturated carbocycles. The molecule has 0 aliphatic rings. The summed E-state index contributed by atoms with van der Waals surface area (Å²) in [6, 6.07) is 9.52. The lowest BCUT2D eigenvalue weighted by atomic mass is 10.1. The van der Waals surface area contributed by atoms with Gasteiger partial charge in [-0.15, -0.1) is 0 Å². The molecule has 1 aromatic carbocycles. The van der Waals surface area contributed by atoms with Crippen molar-refractivity contribution in [1.82, 2.24) is 5.32 Å². The van der Waals surface area contributed by atoms with Crippen molar-refractivity contribution in [3.63, 3.8) is 0 Å². The molecule has 0 aliphatic carbocycles. The first-order valence-electron chi connectivity index (χ1n) is 11.8. The summed E-state index contributed by atoms with van der Waals surface area (Å²) in [4.78, 5) is 24.3. The topological polar surface area (TPSA) is 58.2 Å². The van der Waals surface area contributed by atoms with E-state index in [1.54, 1.807) is 0 Å². The van der Waals surface area contributed by atoms with E-state index in [1.165, 1.54) is 51.4 Å². The van der Waals surface area contributed by atoms with Crippen molar-refractivity contribution in [2.24, 2.45) is 0 Å². The fraction of sp³-hybridized carbons (Fsp3) is 0.680. The molecule has 1 rings (SSSR count). The van der Waals surface area contributed by atoms with Crippen LogP contribution in [0.3, 0.4) is 0 Å². The number of amides is 1. The predicted octanol–water partition coefficient (Wildman–Crippen LogP) is 4.78. The number of likely N-dealkylation sites (N-methyl/N-ethyl adjacent to an activating group) is 1. The molecule has 170 valence electrons. The number of quaternary nitrogens is 1. The molecule has 0 unspecified atom stereocenters. The molecular formula is C25H44N3O2+. The van der Waals surface area contributed by atoms with E-state index in [-0.39, 0.29) is 5.91 Å². The molecule has 2 N–H and O–H groups in total. The van der Waals surface area contributed by atoms with Gasteiger partial charge in [0.1, 0.15) is 5.78 Å². The van der Waals surface area contributed by atoms with Gasteiger partial charge in [-0.2, -0.15) is 0 Å². The highest BCUT2D eigenvalue weighted by atomic mass is 16.2. The zero-order valence-corrected chi connectivity index (χ0v) is 19.5. The first-order valence-corrected chi connectivity index (χ1v) is 11.8. The molecule has 0 heterocycles. The molecule has 0 spiro atoms. The highest BCUT2D eigenvalue weighted by molar-refractivity contribution is 5.91. The van der Waals surface area contributed by atoms with Gasteiger partial charge < -0.3 is 15.1 Å². The minimum atomic E-state index is 0.00707. The van der Waals surface area contributed by atoms with Crippen LogP contribution in [0.1, 0.15) is 71.1 Å². The number of hydrogen-bond donors (Lipinski definition) is 2. The van der Waals surface area contributed by atoms with E-state index in [4.69, 9.17) is 0 Å². The van der Waals surface area contributed by atoms with Crippen LogP contribution in [0.25, 0.3) is 0 Å². The second-order valence-electron chi connectivity index (χ2n) is 9.03. The summed E-state index contributed by atoms with van der Waals surface area (Å²) in [6.07, 6.45) is 12.1. The molecule has 5 nitrogen and oxygen atoms in total. The lowest BCUT2D eigenvalue weighted by Gasteiger charge is -2.29. The van der Waals surface area contributed by atoms with Gasteiger partial charge >= 0.3 is 0 Å². The predicted molar refractivity (Wildman–Crippen MR) is 127 cm³/mol. The van der Waals surface area contributed by atoms with Crippen LogP contribution in [0.4, 0.5) is 5.69 Å². The second-order valence-corrected chi connectivity index (χ2v) is 9.03. The Labute approximate surface area is 184 Å². The maximum Gasteiger partial charge on any atom is 0.279 e. The zero-order valence-electron chi connectivity index (χ0n) is 19.5. The van der Waals surface area contributed by atoms with Crippen molar-refractivity contribution >= 4 is 17.4 Å². The fourth-order valence-electron chi connectivity index (χ4n) is 3.52. The lowest BCUT2D eigenvalue weighted by molar-refractivity contribution is -0.881. The largest absolute Gasteiger partial charge is 0.321 e. The van der Waals surface area contributed by atoms with E-state index in [0.717, 1.165) is 25.2 Å². The molecule has 0 aromatic heterocycles. The Kier molecular flexibility index (Phi) is 14.1. The number of unbranched alkanes of at least 4 members (excludes halogenated alkanes) is 8. The summed E-state index contributed by atoms with van der Waals surface area (Å²) in [6.45, 7) is 4.62. The summed E-state index contributed by atoms with van der Waals surface area (Å²) < 4.78 is 0.581. The van der Waals surface area contributed by atoms with Gasteiger partial charge in [-0.25, -0.2) is 0 Å². The Bertz CT molecular complexity index is 587. The average Bonchev–Trinajstić information content (AvgIpc) is 2.70. The molecule has 0 atom stereocenters. The standard InChI is InChI=1S/C25H43N3O2/c1-4-5-6-7-8-9-10-11-15-18-24(29)21-26-19-20-28(2,3)22-25(30)27-23-16-13-12-14-17-23/h12-14,16-17,26H,4-11,15,18-22H2,1-3H3/p+1. The number of anilines is 1. The van der Waals surface area contributed by atoms with Gasteiger partial charge in [-0.3, -0.25) is 9.59 Å². The van der Waals surface area contributed by atoms with Gasteiger partial charge in [-0.1, -0.05) is 76.5 Å². The number of carbonyl (C=O) groups excluding carboxylic acids is 2. The second kappa shape index (κ2) is 16.0. The third-order valence-electron chi connectivity index (χ3n) is 5.40. The van der Waals surface area contributed by atoms with Crippen LogP contribution in [-0.4, -0.2) is 56.4 Å². The first kappa shape index (κ1) is 26.3. The Morgan fingerprint density at radius 1 is 0.867 bits per heavy atom. The van der Waals surface area contributed by atoms with Crippen molar-refractivity contribution < 1.29 is 14.1 Å². The van der Waals surface area contributed by atoms with Gasteiger partial charge in [0, 0.05) is 18.7 Å². The Balaban J connectivity index is 2.03. The summed E-state index contributed by atoms with van der Waals surface area (Å²) >= 11 is 0. The highest BCUT2D eigenvalue weighted by Gasteiger charge is 2.19. The van der Waals surface area contributed by atoms with Gasteiger partial charge in [0.2, 0.25) is 0 Å². The van der Waals surface area contributed by atoms with E-state index in [9.17, 15) is 9.59 Å². The molecular weight excluding hydrogens is 374 g/mol. The molecule has 0 aliphatic heterocycles. The number of para-hydroxylation sites is 1. The van der Waals surface area contributed by atoms with Crippen molar-refractivity contribution in [2.45, 2.75) is 71.1 Å². The van der Waals surface area contributed by atoms with Crippen molar-refractivity contribution in [3.8, 4) is 0 Å². The van der Waals surface area contributed by atoms with E-state index in [0.29, 0.717) is 29.8 Å². The number of hydrogen-bond acceptors (Lipinski definition) is 3. The molecule has 1 aromatic rings. The molecule has 0 fully saturated rings. The van der Waals surface area contributed by atoms with Gasteiger partial charge in [0.15, 0.2) is 6.54 Å². The van der Waals surface area contributed by atoms with Crippen LogP contribution >= 0.6 is 0 Å². The minimum Gasteiger partial charge on any atom is -0.321 e. The van der Waals surface area contributed by atoms with Gasteiger partial charge in [0.05, 0.1) is 27.2 Å². The third kappa shape index (κ3) is 14.3. The number of nitrogens with one attached hydrogen (secondary N) is 2.